The summed E-state index contributed by atoms with van der Waals surface area (Å²) in [5.41, 5.74) is 4.37. The van der Waals surface area contributed by atoms with Crippen molar-refractivity contribution in [2.45, 2.75) is 40.2 Å². The van der Waals surface area contributed by atoms with Crippen LogP contribution in [0.5, 0.6) is 5.75 Å². The fourth-order valence-electron chi connectivity index (χ4n) is 2.97. The maximum atomic E-state index is 5.77. The number of pyridine rings is 1. The van der Waals surface area contributed by atoms with E-state index in [0.29, 0.717) is 17.5 Å². The Hall–Kier alpha value is -3.22. The number of aryl methyl sites for hydroxylation is 2. The minimum absolute atomic E-state index is 0.204. The van der Waals surface area contributed by atoms with Crippen molar-refractivity contribution in [2.24, 2.45) is 0 Å². The highest BCUT2D eigenvalue weighted by atomic mass is 16.5. The monoisotopic (exact) mass is 364 g/mol. The Labute approximate surface area is 156 Å². The van der Waals surface area contributed by atoms with E-state index >= 15 is 0 Å². The molecule has 3 aromatic heterocycles. The van der Waals surface area contributed by atoms with Gasteiger partial charge in [0, 0.05) is 6.20 Å². The summed E-state index contributed by atoms with van der Waals surface area (Å²) in [6, 6.07) is 7.95. The molecule has 27 heavy (non-hydrogen) atoms. The number of benzene rings is 1. The Morgan fingerprint density at radius 2 is 1.81 bits per heavy atom. The molecule has 0 bridgehead atoms. The number of rotatable bonds is 5. The van der Waals surface area contributed by atoms with Gasteiger partial charge in [0.1, 0.15) is 5.75 Å². The lowest BCUT2D eigenvalue weighted by Gasteiger charge is -2.05. The van der Waals surface area contributed by atoms with Gasteiger partial charge in [0.05, 0.1) is 16.6 Å². The number of hydrogen-bond acceptors (Lipinski definition) is 7. The van der Waals surface area contributed by atoms with Gasteiger partial charge in [-0.1, -0.05) is 25.1 Å². The third-order valence-corrected chi connectivity index (χ3v) is 4.18. The van der Waals surface area contributed by atoms with E-state index in [9.17, 15) is 0 Å². The van der Waals surface area contributed by atoms with Crippen molar-refractivity contribution >= 4 is 11.1 Å². The van der Waals surface area contributed by atoms with Gasteiger partial charge in [0.25, 0.3) is 11.6 Å². The minimum atomic E-state index is 0.204. The van der Waals surface area contributed by atoms with Crippen LogP contribution in [0.15, 0.2) is 39.4 Å². The Kier molecular flexibility index (Phi) is 4.35. The molecule has 0 fully saturated rings. The maximum Gasteiger partial charge on any atom is 0.257 e. The lowest BCUT2D eigenvalue weighted by Crippen LogP contribution is -1.96. The first-order valence-electron chi connectivity index (χ1n) is 8.79. The third-order valence-electron chi connectivity index (χ3n) is 4.18. The molecule has 0 saturated heterocycles. The molecular formula is C20H20N4O3. The van der Waals surface area contributed by atoms with E-state index in [2.05, 4.69) is 40.3 Å². The molecule has 0 N–H and O–H groups in total. The molecule has 138 valence electrons. The lowest BCUT2D eigenvalue weighted by atomic mass is 10.1. The highest BCUT2D eigenvalue weighted by molar-refractivity contribution is 5.80. The smallest absolute Gasteiger partial charge is 0.257 e. The second-order valence-electron chi connectivity index (χ2n) is 6.91. The highest BCUT2D eigenvalue weighted by Gasteiger charge is 2.16. The van der Waals surface area contributed by atoms with Crippen molar-refractivity contribution in [3.8, 4) is 17.2 Å². The molecule has 0 atom stereocenters. The Morgan fingerprint density at radius 3 is 2.56 bits per heavy atom. The zero-order chi connectivity index (χ0) is 19.0. The molecule has 3 heterocycles. The molecule has 1 aromatic carbocycles. The van der Waals surface area contributed by atoms with Crippen LogP contribution < -0.4 is 4.74 Å². The van der Waals surface area contributed by atoms with E-state index in [4.69, 9.17) is 13.7 Å². The van der Waals surface area contributed by atoms with Crippen LogP contribution in [0, 0.1) is 13.8 Å². The topological polar surface area (TPSA) is 87.1 Å². The number of ether oxygens (including phenoxy) is 1. The fraction of sp³-hybridized carbons (Fsp3) is 0.300. The summed E-state index contributed by atoms with van der Waals surface area (Å²) in [4.78, 5) is 4.29. The van der Waals surface area contributed by atoms with Crippen LogP contribution in [0.25, 0.3) is 22.6 Å². The van der Waals surface area contributed by atoms with Gasteiger partial charge < -0.3 is 13.7 Å². The van der Waals surface area contributed by atoms with E-state index in [1.807, 2.05) is 32.0 Å². The van der Waals surface area contributed by atoms with Crippen LogP contribution in [-0.4, -0.2) is 20.3 Å². The highest BCUT2D eigenvalue weighted by Crippen LogP contribution is 2.27. The van der Waals surface area contributed by atoms with Gasteiger partial charge in [-0.3, -0.25) is 0 Å². The van der Waals surface area contributed by atoms with E-state index in [0.717, 1.165) is 33.5 Å². The quantitative estimate of drug-likeness (QED) is 0.512. The van der Waals surface area contributed by atoms with Gasteiger partial charge >= 0.3 is 0 Å². The lowest BCUT2D eigenvalue weighted by molar-refractivity contribution is 0.264. The van der Waals surface area contributed by atoms with Gasteiger partial charge in [0.15, 0.2) is 6.61 Å². The summed E-state index contributed by atoms with van der Waals surface area (Å²) in [7, 11) is 0. The van der Waals surface area contributed by atoms with Crippen molar-refractivity contribution in [1.82, 2.24) is 20.3 Å². The van der Waals surface area contributed by atoms with Crippen molar-refractivity contribution in [2.75, 3.05) is 0 Å². The molecule has 0 aliphatic rings. The Balaban J connectivity index is 1.55. The molecule has 0 amide bonds. The SMILES string of the molecule is Cc1cc(C)cc(OCc2nnc(-c3cnc4onc(C(C)C)c4c3)o2)c1. The summed E-state index contributed by atoms with van der Waals surface area (Å²) < 4.78 is 16.8. The zero-order valence-electron chi connectivity index (χ0n) is 15.7. The van der Waals surface area contributed by atoms with Crippen molar-refractivity contribution in [3.63, 3.8) is 0 Å². The van der Waals surface area contributed by atoms with Gasteiger partial charge in [0.2, 0.25) is 5.89 Å². The molecular weight excluding hydrogens is 344 g/mol. The van der Waals surface area contributed by atoms with Crippen molar-refractivity contribution in [1.29, 1.82) is 0 Å². The number of fused-ring (bicyclic) bond motifs is 1. The van der Waals surface area contributed by atoms with Crippen molar-refractivity contribution in [3.05, 3.63) is 53.2 Å². The minimum Gasteiger partial charge on any atom is -0.484 e. The van der Waals surface area contributed by atoms with Crippen LogP contribution in [0.4, 0.5) is 0 Å². The van der Waals surface area contributed by atoms with E-state index in [-0.39, 0.29) is 12.5 Å². The van der Waals surface area contributed by atoms with Gasteiger partial charge in [-0.15, -0.1) is 10.2 Å². The van der Waals surface area contributed by atoms with E-state index in [1.54, 1.807) is 6.20 Å². The Bertz CT molecular complexity index is 1080. The van der Waals surface area contributed by atoms with Crippen molar-refractivity contribution < 1.29 is 13.7 Å². The Morgan fingerprint density at radius 1 is 1.04 bits per heavy atom. The van der Waals surface area contributed by atoms with Gasteiger partial charge in [-0.2, -0.15) is 0 Å². The van der Waals surface area contributed by atoms with Crippen LogP contribution in [0.2, 0.25) is 0 Å². The largest absolute Gasteiger partial charge is 0.484 e. The normalized spacial score (nSPS) is 11.4. The summed E-state index contributed by atoms with van der Waals surface area (Å²) in [6.07, 6.45) is 1.64. The molecule has 4 rings (SSSR count). The average molecular weight is 364 g/mol. The first kappa shape index (κ1) is 17.2. The summed E-state index contributed by atoms with van der Waals surface area (Å²) >= 11 is 0. The first-order valence-corrected chi connectivity index (χ1v) is 8.79. The standard InChI is InChI=1S/C20H20N4O3/c1-11(2)18-16-8-14(9-21-20(16)27-24-18)19-23-22-17(26-19)10-25-15-6-12(3)5-13(4)7-15/h5-9,11H,10H2,1-4H3. The second-order valence-corrected chi connectivity index (χ2v) is 6.91. The van der Waals surface area contributed by atoms with Crippen LogP contribution in [-0.2, 0) is 6.61 Å². The predicted molar refractivity (Wildman–Crippen MR) is 99.4 cm³/mol. The molecule has 7 heteroatoms. The number of nitrogens with zero attached hydrogens (tertiary/aromatic N) is 4. The molecule has 7 nitrogen and oxygen atoms in total. The second kappa shape index (κ2) is 6.83. The fourth-order valence-corrected chi connectivity index (χ4v) is 2.97. The molecule has 0 unspecified atom stereocenters. The molecule has 0 radical (unpaired) electrons. The first-order chi connectivity index (χ1) is 13.0. The molecule has 0 aliphatic heterocycles. The molecule has 0 spiro atoms. The van der Waals surface area contributed by atoms with Crippen LogP contribution in [0.3, 0.4) is 0 Å². The summed E-state index contributed by atoms with van der Waals surface area (Å²) in [5, 5.41) is 13.1. The summed E-state index contributed by atoms with van der Waals surface area (Å²) in [6.45, 7) is 8.38. The zero-order valence-corrected chi connectivity index (χ0v) is 15.7. The number of aromatic nitrogens is 4. The van der Waals surface area contributed by atoms with Crippen LogP contribution >= 0.6 is 0 Å². The average Bonchev–Trinajstić information content (AvgIpc) is 3.25. The summed E-state index contributed by atoms with van der Waals surface area (Å²) in [5.74, 6) is 1.80. The molecule has 0 saturated carbocycles. The van der Waals surface area contributed by atoms with Gasteiger partial charge in [-0.05, 0) is 49.1 Å². The number of hydrogen-bond donors (Lipinski definition) is 0. The van der Waals surface area contributed by atoms with E-state index in [1.165, 1.54) is 0 Å². The van der Waals surface area contributed by atoms with E-state index < -0.39 is 0 Å². The predicted octanol–water partition coefficient (Wildman–Crippen LogP) is 4.59. The molecule has 4 aromatic rings. The third kappa shape index (κ3) is 3.53. The maximum absolute atomic E-state index is 5.77. The molecule has 0 aliphatic carbocycles. The van der Waals surface area contributed by atoms with Crippen LogP contribution in [0.1, 0.15) is 42.5 Å². The van der Waals surface area contributed by atoms with Gasteiger partial charge in [-0.25, -0.2) is 4.98 Å².